The number of aryl methyl sites for hydroxylation is 2. The maximum atomic E-state index is 13.8. The van der Waals surface area contributed by atoms with Crippen LogP contribution in [0.1, 0.15) is 22.5 Å². The first kappa shape index (κ1) is 22.4. The van der Waals surface area contributed by atoms with Gasteiger partial charge in [-0.25, -0.2) is 17.8 Å². The Morgan fingerprint density at radius 3 is 1.29 bits per heavy atom. The molecule has 2 rings (SSSR count). The number of hydrogen-bond donors (Lipinski definition) is 0. The van der Waals surface area contributed by atoms with E-state index in [9.17, 15) is 43.5 Å². The molecule has 16 heteroatoms. The Bertz CT molecular complexity index is 871. The Kier molecular flexibility index (Phi) is 6.04. The normalized spacial score (nSPS) is 15.1. The molecule has 6 nitrogen and oxygen atoms in total. The lowest BCUT2D eigenvalue weighted by atomic mass is 10.2. The van der Waals surface area contributed by atoms with Crippen molar-refractivity contribution in [2.24, 2.45) is 14.1 Å². The molecule has 0 aliphatic carbocycles. The van der Waals surface area contributed by atoms with Crippen LogP contribution in [0.3, 0.4) is 0 Å². The van der Waals surface area contributed by atoms with Crippen LogP contribution in [0, 0.1) is 11.9 Å². The highest BCUT2D eigenvalue weighted by atomic mass is 33.1. The van der Waals surface area contributed by atoms with Gasteiger partial charge in [-0.3, -0.25) is 0 Å². The summed E-state index contributed by atoms with van der Waals surface area (Å²) >= 11 is 0. The topological polar surface area (TPSA) is 69.8 Å². The molecule has 2 atom stereocenters. The van der Waals surface area contributed by atoms with Crippen molar-refractivity contribution in [3.63, 3.8) is 0 Å². The Hall–Kier alpha value is -1.84. The molecule has 0 aliphatic rings. The van der Waals surface area contributed by atoms with Gasteiger partial charge in [-0.05, 0) is 0 Å². The minimum Gasteiger partial charge on any atom is -0.245 e. The lowest BCUT2D eigenvalue weighted by Crippen LogP contribution is -2.15. The first-order valence-electron chi connectivity index (χ1n) is 6.99. The standard InChI is InChI=1S/C12H10F8N4O2S2/c1-23-9(13)5(7(21-23)11(15,16)17)3-27(25)28(26)4-6-8(12(18,19)20)22-24(2)10(6)14/h3-4H2,1-2H3. The van der Waals surface area contributed by atoms with Crippen molar-refractivity contribution in [1.29, 1.82) is 0 Å². The van der Waals surface area contributed by atoms with Gasteiger partial charge in [-0.1, -0.05) is 0 Å². The summed E-state index contributed by atoms with van der Waals surface area (Å²) in [6.07, 6.45) is -10.2. The molecule has 0 aromatic carbocycles. The third kappa shape index (κ3) is 4.42. The van der Waals surface area contributed by atoms with Crippen LogP contribution >= 0.6 is 0 Å². The average molecular weight is 458 g/mol. The van der Waals surface area contributed by atoms with Gasteiger partial charge in [0.25, 0.3) is 0 Å². The molecule has 2 aromatic heterocycles. The van der Waals surface area contributed by atoms with E-state index in [4.69, 9.17) is 0 Å². The smallest absolute Gasteiger partial charge is 0.245 e. The monoisotopic (exact) mass is 458 g/mol. The summed E-state index contributed by atoms with van der Waals surface area (Å²) in [5.41, 5.74) is -5.74. The highest BCUT2D eigenvalue weighted by Gasteiger charge is 2.41. The minimum atomic E-state index is -5.11. The van der Waals surface area contributed by atoms with Crippen molar-refractivity contribution < 1.29 is 43.5 Å². The Morgan fingerprint density at radius 2 is 1.04 bits per heavy atom. The van der Waals surface area contributed by atoms with Gasteiger partial charge in [-0.15, -0.1) is 0 Å². The molecule has 2 heterocycles. The van der Waals surface area contributed by atoms with Crippen LogP contribution in [0.2, 0.25) is 0 Å². The Labute approximate surface area is 155 Å². The molecular formula is C12H10F8N4O2S2. The molecule has 158 valence electrons. The first-order chi connectivity index (χ1) is 12.6. The summed E-state index contributed by atoms with van der Waals surface area (Å²) in [7, 11) is -3.89. The SMILES string of the molecule is Cn1nc(C(F)(F)F)c(CS(=O)S(=O)Cc2c(C(F)(F)F)nn(C)c2F)c1F. The Morgan fingerprint density at radius 1 is 0.750 bits per heavy atom. The molecule has 0 amide bonds. The molecule has 0 spiro atoms. The lowest BCUT2D eigenvalue weighted by molar-refractivity contribution is -0.142. The van der Waals surface area contributed by atoms with E-state index >= 15 is 0 Å². The van der Waals surface area contributed by atoms with E-state index in [1.54, 1.807) is 0 Å². The second-order valence-corrected chi connectivity index (χ2v) is 9.40. The second-order valence-electron chi connectivity index (χ2n) is 5.37. The summed E-state index contributed by atoms with van der Waals surface area (Å²) in [6, 6.07) is 0. The minimum absolute atomic E-state index is 0.223. The van der Waals surface area contributed by atoms with Gasteiger partial charge in [0.15, 0.2) is 11.4 Å². The number of aromatic nitrogens is 4. The zero-order valence-electron chi connectivity index (χ0n) is 13.9. The predicted octanol–water partition coefficient (Wildman–Crippen LogP) is 2.58. The summed E-state index contributed by atoms with van der Waals surface area (Å²) < 4.78 is 129. The number of halogens is 8. The van der Waals surface area contributed by atoms with E-state index in [0.29, 0.717) is 0 Å². The summed E-state index contributed by atoms with van der Waals surface area (Å²) in [5, 5.41) is 5.81. The molecular weight excluding hydrogens is 448 g/mol. The zero-order chi connectivity index (χ0) is 21.6. The van der Waals surface area contributed by atoms with Crippen molar-refractivity contribution in [2.75, 3.05) is 0 Å². The van der Waals surface area contributed by atoms with E-state index in [2.05, 4.69) is 10.2 Å². The van der Waals surface area contributed by atoms with Crippen molar-refractivity contribution in [3.05, 3.63) is 34.4 Å². The maximum Gasteiger partial charge on any atom is 0.435 e. The fraction of sp³-hybridized carbons (Fsp3) is 0.500. The lowest BCUT2D eigenvalue weighted by Gasteiger charge is -2.07. The van der Waals surface area contributed by atoms with E-state index in [1.807, 2.05) is 0 Å². The van der Waals surface area contributed by atoms with E-state index in [0.717, 1.165) is 14.1 Å². The van der Waals surface area contributed by atoms with Gasteiger partial charge >= 0.3 is 12.4 Å². The quantitative estimate of drug-likeness (QED) is 0.510. The second kappa shape index (κ2) is 7.53. The number of rotatable bonds is 5. The van der Waals surface area contributed by atoms with Crippen LogP contribution in [0.25, 0.3) is 0 Å². The molecule has 0 bridgehead atoms. The molecule has 2 aromatic rings. The van der Waals surface area contributed by atoms with Gasteiger partial charge in [-0.2, -0.15) is 45.3 Å². The molecule has 0 saturated carbocycles. The zero-order valence-corrected chi connectivity index (χ0v) is 15.5. The molecule has 0 fully saturated rings. The third-order valence-corrected chi connectivity index (χ3v) is 6.82. The molecule has 28 heavy (non-hydrogen) atoms. The van der Waals surface area contributed by atoms with E-state index in [1.165, 1.54) is 0 Å². The largest absolute Gasteiger partial charge is 0.435 e. The molecule has 0 aliphatic heterocycles. The highest BCUT2D eigenvalue weighted by Crippen LogP contribution is 2.34. The van der Waals surface area contributed by atoms with Crippen molar-refractivity contribution in [1.82, 2.24) is 19.6 Å². The predicted molar refractivity (Wildman–Crippen MR) is 80.0 cm³/mol. The fourth-order valence-electron chi connectivity index (χ4n) is 2.17. The van der Waals surface area contributed by atoms with Gasteiger partial charge < -0.3 is 0 Å². The van der Waals surface area contributed by atoms with Crippen LogP contribution in [0.5, 0.6) is 0 Å². The van der Waals surface area contributed by atoms with Crippen LogP contribution in [0.4, 0.5) is 35.1 Å². The molecule has 0 radical (unpaired) electrons. The van der Waals surface area contributed by atoms with E-state index in [-0.39, 0.29) is 9.36 Å². The van der Waals surface area contributed by atoms with Crippen LogP contribution in [-0.2, 0) is 57.6 Å². The van der Waals surface area contributed by atoms with E-state index < -0.39 is 77.9 Å². The number of alkyl halides is 6. The van der Waals surface area contributed by atoms with Crippen molar-refractivity contribution in [2.45, 2.75) is 23.9 Å². The first-order valence-corrected chi connectivity index (χ1v) is 10.1. The van der Waals surface area contributed by atoms with Gasteiger partial charge in [0.1, 0.15) is 19.7 Å². The van der Waals surface area contributed by atoms with Crippen LogP contribution in [0.15, 0.2) is 0 Å². The molecule has 0 N–H and O–H groups in total. The van der Waals surface area contributed by atoms with Crippen LogP contribution < -0.4 is 0 Å². The maximum absolute atomic E-state index is 13.8. The summed E-state index contributed by atoms with van der Waals surface area (Å²) in [6.45, 7) is 0. The molecule has 2 unspecified atom stereocenters. The number of nitrogens with zero attached hydrogens (tertiary/aromatic N) is 4. The average Bonchev–Trinajstić information content (AvgIpc) is 2.99. The van der Waals surface area contributed by atoms with Gasteiger partial charge in [0.2, 0.25) is 11.9 Å². The highest BCUT2D eigenvalue weighted by molar-refractivity contribution is 8.60. The molecule has 0 saturated heterocycles. The van der Waals surface area contributed by atoms with Crippen LogP contribution in [-0.4, -0.2) is 28.0 Å². The number of hydrogen-bond acceptors (Lipinski definition) is 4. The van der Waals surface area contributed by atoms with Gasteiger partial charge in [0, 0.05) is 14.1 Å². The van der Waals surface area contributed by atoms with Gasteiger partial charge in [0.05, 0.1) is 22.6 Å². The summed E-state index contributed by atoms with van der Waals surface area (Å²) in [4.78, 5) is 0. The fourth-order valence-corrected chi connectivity index (χ4v) is 4.91. The van der Waals surface area contributed by atoms with Crippen molar-refractivity contribution in [3.8, 4) is 0 Å². The Balaban J connectivity index is 2.31. The van der Waals surface area contributed by atoms with Crippen molar-refractivity contribution >= 4 is 19.7 Å². The summed E-state index contributed by atoms with van der Waals surface area (Å²) in [5.74, 6) is -5.49. The third-order valence-electron chi connectivity index (χ3n) is 3.41.